The molecule has 0 fully saturated rings. The van der Waals surface area contributed by atoms with Crippen LogP contribution in [-0.4, -0.2) is 22.1 Å². The van der Waals surface area contributed by atoms with Crippen molar-refractivity contribution in [3.05, 3.63) is 0 Å². The number of unbranched alkanes of at least 4 members (excludes halogenated alkanes) is 3. The molecule has 0 saturated heterocycles. The standard InChI is InChI=1S/C7H15ClOS/c1-10(9)7-5-3-2-4-6-8/h2-7H2,1H3. The van der Waals surface area contributed by atoms with Gasteiger partial charge in [-0.15, -0.1) is 11.6 Å². The third-order valence-electron chi connectivity index (χ3n) is 1.32. The van der Waals surface area contributed by atoms with Gasteiger partial charge in [0.1, 0.15) is 0 Å². The van der Waals surface area contributed by atoms with Gasteiger partial charge in [-0.05, 0) is 12.8 Å². The van der Waals surface area contributed by atoms with E-state index in [1.165, 1.54) is 12.8 Å². The van der Waals surface area contributed by atoms with Gasteiger partial charge in [-0.2, -0.15) is 0 Å². The lowest BCUT2D eigenvalue weighted by Gasteiger charge is -1.95. The zero-order valence-electron chi connectivity index (χ0n) is 6.44. The van der Waals surface area contributed by atoms with Crippen molar-refractivity contribution < 1.29 is 4.21 Å². The van der Waals surface area contributed by atoms with Crippen molar-refractivity contribution in [3.8, 4) is 0 Å². The van der Waals surface area contributed by atoms with Crippen LogP contribution in [0.15, 0.2) is 0 Å². The molecule has 1 nitrogen and oxygen atoms in total. The summed E-state index contributed by atoms with van der Waals surface area (Å²) >= 11 is 5.48. The third-order valence-corrected chi connectivity index (χ3v) is 2.45. The van der Waals surface area contributed by atoms with Crippen molar-refractivity contribution in [3.63, 3.8) is 0 Å². The molecule has 0 amide bonds. The summed E-state index contributed by atoms with van der Waals surface area (Å²) in [6.45, 7) is 0. The summed E-state index contributed by atoms with van der Waals surface area (Å²) in [6, 6.07) is 0. The number of hydrogen-bond donors (Lipinski definition) is 0. The van der Waals surface area contributed by atoms with E-state index in [0.29, 0.717) is 0 Å². The Morgan fingerprint density at radius 3 is 2.30 bits per heavy atom. The molecule has 0 spiro atoms. The van der Waals surface area contributed by atoms with Gasteiger partial charge in [0.05, 0.1) is 0 Å². The van der Waals surface area contributed by atoms with Crippen LogP contribution in [-0.2, 0) is 10.8 Å². The molecular weight excluding hydrogens is 168 g/mol. The van der Waals surface area contributed by atoms with Gasteiger partial charge >= 0.3 is 0 Å². The minimum atomic E-state index is -0.604. The van der Waals surface area contributed by atoms with Crippen LogP contribution in [0.5, 0.6) is 0 Å². The molecule has 1 atom stereocenters. The molecule has 0 rings (SSSR count). The van der Waals surface area contributed by atoms with E-state index in [0.717, 1.165) is 24.5 Å². The molecule has 0 aliphatic rings. The first kappa shape index (κ1) is 10.4. The van der Waals surface area contributed by atoms with Crippen molar-refractivity contribution >= 4 is 22.4 Å². The van der Waals surface area contributed by atoms with E-state index in [9.17, 15) is 4.21 Å². The van der Waals surface area contributed by atoms with E-state index in [4.69, 9.17) is 11.6 Å². The predicted octanol–water partition coefficient (Wildman–Crippen LogP) is 2.16. The van der Waals surface area contributed by atoms with Gasteiger partial charge in [-0.3, -0.25) is 4.21 Å². The van der Waals surface area contributed by atoms with Gasteiger partial charge in [0, 0.05) is 28.7 Å². The lowest BCUT2D eigenvalue weighted by atomic mass is 10.2. The molecule has 1 unspecified atom stereocenters. The summed E-state index contributed by atoms with van der Waals surface area (Å²) < 4.78 is 10.6. The second-order valence-electron chi connectivity index (χ2n) is 2.38. The predicted molar refractivity (Wildman–Crippen MR) is 48.1 cm³/mol. The summed E-state index contributed by atoms with van der Waals surface area (Å²) in [7, 11) is -0.604. The minimum Gasteiger partial charge on any atom is -0.260 e. The molecule has 0 bridgehead atoms. The Hall–Kier alpha value is 0.440. The van der Waals surface area contributed by atoms with Gasteiger partial charge in [0.25, 0.3) is 0 Å². The molecule has 3 heteroatoms. The fraction of sp³-hybridized carbons (Fsp3) is 1.00. The first-order valence-corrected chi connectivity index (χ1v) is 5.89. The Balaban J connectivity index is 2.84. The summed E-state index contributed by atoms with van der Waals surface area (Å²) in [5, 5.41) is 0. The largest absolute Gasteiger partial charge is 0.260 e. The smallest absolute Gasteiger partial charge is 0.0232 e. The van der Waals surface area contributed by atoms with Crippen molar-refractivity contribution in [1.82, 2.24) is 0 Å². The van der Waals surface area contributed by atoms with Crippen LogP contribution in [0.25, 0.3) is 0 Å². The normalized spacial score (nSPS) is 13.4. The lowest BCUT2D eigenvalue weighted by Crippen LogP contribution is -1.93. The van der Waals surface area contributed by atoms with Gasteiger partial charge in [-0.25, -0.2) is 0 Å². The lowest BCUT2D eigenvalue weighted by molar-refractivity contribution is 0.672. The van der Waals surface area contributed by atoms with E-state index < -0.39 is 10.8 Å². The first-order chi connectivity index (χ1) is 4.77. The highest BCUT2D eigenvalue weighted by molar-refractivity contribution is 7.84. The third kappa shape index (κ3) is 8.44. The van der Waals surface area contributed by atoms with Crippen LogP contribution in [0.2, 0.25) is 0 Å². The van der Waals surface area contributed by atoms with Crippen molar-refractivity contribution in [2.45, 2.75) is 25.7 Å². The molecule has 0 aliphatic heterocycles. The quantitative estimate of drug-likeness (QED) is 0.455. The fourth-order valence-corrected chi connectivity index (χ4v) is 1.55. The number of halogens is 1. The van der Waals surface area contributed by atoms with E-state index in [-0.39, 0.29) is 0 Å². The second-order valence-corrected chi connectivity index (χ2v) is 4.31. The molecule has 0 aromatic carbocycles. The first-order valence-electron chi connectivity index (χ1n) is 3.63. The maximum absolute atomic E-state index is 10.6. The van der Waals surface area contributed by atoms with Gasteiger partial charge in [0.15, 0.2) is 0 Å². The molecule has 0 radical (unpaired) electrons. The summed E-state index contributed by atoms with van der Waals surface area (Å²) in [6.07, 6.45) is 6.28. The number of hydrogen-bond acceptors (Lipinski definition) is 1. The topological polar surface area (TPSA) is 17.1 Å². The number of alkyl halides is 1. The molecule has 0 aromatic heterocycles. The number of rotatable bonds is 6. The molecule has 0 aliphatic carbocycles. The molecular formula is C7H15ClOS. The molecule has 0 heterocycles. The average Bonchev–Trinajstić information content (AvgIpc) is 1.87. The maximum Gasteiger partial charge on any atom is 0.0232 e. The van der Waals surface area contributed by atoms with E-state index >= 15 is 0 Å². The molecule has 10 heavy (non-hydrogen) atoms. The van der Waals surface area contributed by atoms with E-state index in [2.05, 4.69) is 0 Å². The molecule has 0 aromatic rings. The van der Waals surface area contributed by atoms with Gasteiger partial charge in [0.2, 0.25) is 0 Å². The molecule has 62 valence electrons. The minimum absolute atomic E-state index is 0.604. The highest BCUT2D eigenvalue weighted by Gasteiger charge is 1.91. The second kappa shape index (κ2) is 7.55. The Labute approximate surface area is 70.6 Å². The van der Waals surface area contributed by atoms with E-state index in [1.54, 1.807) is 6.26 Å². The zero-order valence-corrected chi connectivity index (χ0v) is 8.01. The van der Waals surface area contributed by atoms with Gasteiger partial charge < -0.3 is 0 Å². The SMILES string of the molecule is CS(=O)CCCCCCCl. The van der Waals surface area contributed by atoms with Crippen molar-refractivity contribution in [2.75, 3.05) is 17.9 Å². The van der Waals surface area contributed by atoms with Crippen LogP contribution in [0, 0.1) is 0 Å². The van der Waals surface area contributed by atoms with Crippen molar-refractivity contribution in [2.24, 2.45) is 0 Å². The van der Waals surface area contributed by atoms with E-state index in [1.807, 2.05) is 0 Å². The Bertz CT molecular complexity index is 95.6. The monoisotopic (exact) mass is 182 g/mol. The summed E-state index contributed by atoms with van der Waals surface area (Å²) in [4.78, 5) is 0. The fourth-order valence-electron chi connectivity index (χ4n) is 0.753. The van der Waals surface area contributed by atoms with Crippen LogP contribution < -0.4 is 0 Å². The Morgan fingerprint density at radius 2 is 1.80 bits per heavy atom. The Morgan fingerprint density at radius 1 is 1.20 bits per heavy atom. The highest BCUT2D eigenvalue weighted by atomic mass is 35.5. The average molecular weight is 183 g/mol. The Kier molecular flexibility index (Phi) is 7.88. The van der Waals surface area contributed by atoms with Gasteiger partial charge in [-0.1, -0.05) is 12.8 Å². The van der Waals surface area contributed by atoms with Crippen LogP contribution in [0.4, 0.5) is 0 Å². The summed E-state index contributed by atoms with van der Waals surface area (Å²) in [5.74, 6) is 1.61. The van der Waals surface area contributed by atoms with Crippen LogP contribution in [0.3, 0.4) is 0 Å². The zero-order chi connectivity index (χ0) is 7.82. The molecule has 0 N–H and O–H groups in total. The maximum atomic E-state index is 10.6. The highest BCUT2D eigenvalue weighted by Crippen LogP contribution is 2.01. The molecule has 0 saturated carbocycles. The van der Waals surface area contributed by atoms with Crippen LogP contribution in [0.1, 0.15) is 25.7 Å². The summed E-state index contributed by atoms with van der Waals surface area (Å²) in [5.41, 5.74) is 0. The van der Waals surface area contributed by atoms with Crippen molar-refractivity contribution in [1.29, 1.82) is 0 Å². The van der Waals surface area contributed by atoms with Crippen LogP contribution >= 0.6 is 11.6 Å².